The average Bonchev–Trinajstić information content (AvgIpc) is 2.72. The summed E-state index contributed by atoms with van der Waals surface area (Å²) in [6.07, 6.45) is -4.18. The Balaban J connectivity index is 2.16. The van der Waals surface area contributed by atoms with Crippen molar-refractivity contribution in [3.05, 3.63) is 88.1 Å². The van der Waals surface area contributed by atoms with Gasteiger partial charge in [-0.15, -0.1) is 0 Å². The molecule has 0 spiro atoms. The van der Waals surface area contributed by atoms with Gasteiger partial charge in [-0.05, 0) is 53.6 Å². The number of nitrogens with zero attached hydrogens (tertiary/aromatic N) is 1. The van der Waals surface area contributed by atoms with Gasteiger partial charge in [0.05, 0.1) is 11.3 Å². The fourth-order valence-corrected chi connectivity index (χ4v) is 3.74. The number of aromatic nitrogens is 1. The van der Waals surface area contributed by atoms with Crippen molar-refractivity contribution in [2.45, 2.75) is 24.6 Å². The smallest absolute Gasteiger partial charge is 0.422 e. The highest BCUT2D eigenvalue weighted by Gasteiger charge is 2.59. The molecule has 2 atom stereocenters. The first-order valence-electron chi connectivity index (χ1n) is 9.10. The summed E-state index contributed by atoms with van der Waals surface area (Å²) in [5.74, 6) is -5.00. The number of aromatic carboxylic acids is 1. The Bertz CT molecular complexity index is 1180. The normalized spacial score (nSPS) is 14.6. The zero-order valence-electron chi connectivity index (χ0n) is 16.3. The molecule has 32 heavy (non-hydrogen) atoms. The second kappa shape index (κ2) is 8.48. The summed E-state index contributed by atoms with van der Waals surface area (Å²) < 4.78 is 69.6. The fraction of sp³-hybridized carbons (Fsp3) is 0.182. The zero-order valence-corrected chi connectivity index (χ0v) is 17.0. The second-order valence-corrected chi connectivity index (χ2v) is 7.49. The van der Waals surface area contributed by atoms with Gasteiger partial charge in [-0.2, -0.15) is 13.2 Å². The maximum Gasteiger partial charge on any atom is 0.422 e. The van der Waals surface area contributed by atoms with Crippen molar-refractivity contribution in [3.8, 4) is 11.3 Å². The van der Waals surface area contributed by atoms with E-state index in [2.05, 4.69) is 4.98 Å². The van der Waals surface area contributed by atoms with Crippen LogP contribution in [0.15, 0.2) is 54.7 Å². The zero-order chi connectivity index (χ0) is 23.8. The van der Waals surface area contributed by atoms with Crippen LogP contribution in [0.2, 0.25) is 5.02 Å². The summed E-state index contributed by atoms with van der Waals surface area (Å²) >= 11 is 5.94. The Morgan fingerprint density at radius 1 is 1.06 bits per heavy atom. The lowest BCUT2D eigenvalue weighted by atomic mass is 9.77. The molecule has 3 aromatic rings. The largest absolute Gasteiger partial charge is 0.478 e. The Morgan fingerprint density at radius 2 is 1.75 bits per heavy atom. The molecule has 0 radical (unpaired) electrons. The first kappa shape index (κ1) is 23.6. The Hall–Kier alpha value is -3.04. The highest BCUT2D eigenvalue weighted by atomic mass is 35.5. The molecule has 168 valence electrons. The van der Waals surface area contributed by atoms with Crippen LogP contribution in [0, 0.1) is 11.6 Å². The minimum Gasteiger partial charge on any atom is -0.478 e. The van der Waals surface area contributed by atoms with Crippen molar-refractivity contribution in [1.29, 1.82) is 0 Å². The lowest BCUT2D eigenvalue weighted by molar-refractivity contribution is -0.274. The number of carbonyl (C=O) groups is 1. The third-order valence-corrected chi connectivity index (χ3v) is 5.51. The number of pyridine rings is 1. The predicted octanol–water partition coefficient (Wildman–Crippen LogP) is 5.93. The monoisotopic (exact) mass is 471 g/mol. The molecule has 3 rings (SSSR count). The van der Waals surface area contributed by atoms with Crippen molar-refractivity contribution in [1.82, 2.24) is 4.98 Å². The summed E-state index contributed by atoms with van der Waals surface area (Å²) in [5, 5.41) is 19.7. The second-order valence-electron chi connectivity index (χ2n) is 7.08. The van der Waals surface area contributed by atoms with Gasteiger partial charge in [0.25, 0.3) is 0 Å². The molecule has 0 bridgehead atoms. The van der Waals surface area contributed by atoms with Gasteiger partial charge >= 0.3 is 12.1 Å². The van der Waals surface area contributed by atoms with Gasteiger partial charge in [-0.25, -0.2) is 13.6 Å². The van der Waals surface area contributed by atoms with Crippen molar-refractivity contribution in [3.63, 3.8) is 0 Å². The average molecular weight is 472 g/mol. The van der Waals surface area contributed by atoms with Crippen LogP contribution in [0.25, 0.3) is 11.3 Å². The minimum absolute atomic E-state index is 0.0302. The van der Waals surface area contributed by atoms with Crippen LogP contribution in [0.1, 0.15) is 34.3 Å². The topological polar surface area (TPSA) is 70.4 Å². The number of hydrogen-bond acceptors (Lipinski definition) is 3. The van der Waals surface area contributed by atoms with E-state index < -0.39 is 46.4 Å². The molecular weight excluding hydrogens is 457 g/mol. The molecule has 1 aromatic heterocycles. The number of rotatable bonds is 5. The molecular formula is C22H15ClF5NO3. The van der Waals surface area contributed by atoms with E-state index in [4.69, 9.17) is 16.7 Å². The SMILES string of the molecule is CC(c1ccc(F)cc1Cl)C(O)(c1ccnc(-c2ccc(F)c(C(=O)O)c2)c1)C(F)(F)F. The van der Waals surface area contributed by atoms with E-state index in [0.29, 0.717) is 0 Å². The van der Waals surface area contributed by atoms with Crippen molar-refractivity contribution >= 4 is 17.6 Å². The number of carboxylic acid groups (broad SMARTS) is 1. The summed E-state index contributed by atoms with van der Waals surface area (Å²) in [5.41, 5.74) is -4.98. The lowest BCUT2D eigenvalue weighted by Crippen LogP contribution is -2.46. The molecule has 0 aliphatic heterocycles. The molecule has 0 aliphatic carbocycles. The first-order valence-corrected chi connectivity index (χ1v) is 9.48. The van der Waals surface area contributed by atoms with Crippen LogP contribution in [0.5, 0.6) is 0 Å². The van der Waals surface area contributed by atoms with Gasteiger partial charge in [0.15, 0.2) is 5.60 Å². The van der Waals surface area contributed by atoms with E-state index in [1.54, 1.807) is 0 Å². The fourth-order valence-electron chi connectivity index (χ4n) is 3.41. The van der Waals surface area contributed by atoms with Crippen LogP contribution in [-0.4, -0.2) is 27.3 Å². The molecule has 10 heteroatoms. The van der Waals surface area contributed by atoms with E-state index >= 15 is 0 Å². The summed E-state index contributed by atoms with van der Waals surface area (Å²) in [6, 6.07) is 7.64. The van der Waals surface area contributed by atoms with Crippen LogP contribution in [-0.2, 0) is 5.60 Å². The molecule has 1 heterocycles. The number of halogens is 6. The van der Waals surface area contributed by atoms with Crippen LogP contribution < -0.4 is 0 Å². The first-order chi connectivity index (χ1) is 14.9. The third-order valence-electron chi connectivity index (χ3n) is 5.18. The maximum atomic E-state index is 14.2. The number of alkyl halides is 3. The van der Waals surface area contributed by atoms with Crippen molar-refractivity contribution in [2.24, 2.45) is 0 Å². The molecule has 0 aliphatic rings. The van der Waals surface area contributed by atoms with E-state index in [0.717, 1.165) is 61.7 Å². The van der Waals surface area contributed by atoms with Crippen LogP contribution >= 0.6 is 11.6 Å². The molecule has 0 amide bonds. The van der Waals surface area contributed by atoms with E-state index in [-0.39, 0.29) is 21.8 Å². The molecule has 0 fully saturated rings. The Labute approximate surface area is 183 Å². The molecule has 4 nitrogen and oxygen atoms in total. The van der Waals surface area contributed by atoms with Gasteiger partial charge in [0, 0.05) is 22.7 Å². The molecule has 0 saturated carbocycles. The van der Waals surface area contributed by atoms with Crippen LogP contribution in [0.3, 0.4) is 0 Å². The quantitative estimate of drug-likeness (QED) is 0.452. The Kier molecular flexibility index (Phi) is 6.26. The number of aliphatic hydroxyl groups is 1. The van der Waals surface area contributed by atoms with Gasteiger partial charge < -0.3 is 10.2 Å². The number of benzene rings is 2. The third kappa shape index (κ3) is 4.18. The van der Waals surface area contributed by atoms with Crippen LogP contribution in [0.4, 0.5) is 22.0 Å². The highest BCUT2D eigenvalue weighted by Crippen LogP contribution is 2.50. The lowest BCUT2D eigenvalue weighted by Gasteiger charge is -2.37. The van der Waals surface area contributed by atoms with Crippen molar-refractivity contribution in [2.75, 3.05) is 0 Å². The van der Waals surface area contributed by atoms with E-state index in [1.165, 1.54) is 0 Å². The molecule has 0 saturated heterocycles. The minimum atomic E-state index is -5.18. The summed E-state index contributed by atoms with van der Waals surface area (Å²) in [6.45, 7) is 1.09. The highest BCUT2D eigenvalue weighted by molar-refractivity contribution is 6.31. The summed E-state index contributed by atoms with van der Waals surface area (Å²) in [7, 11) is 0. The summed E-state index contributed by atoms with van der Waals surface area (Å²) in [4.78, 5) is 15.1. The van der Waals surface area contributed by atoms with E-state index in [1.807, 2.05) is 0 Å². The standard InChI is InChI=1S/C22H15ClF5NO3/c1-11(15-4-3-14(24)10-17(15)23)21(32,22(26,27)28)13-6-7-29-19(9-13)12-2-5-18(25)16(8-12)20(30)31/h2-11,32H,1H3,(H,30,31). The maximum absolute atomic E-state index is 14.2. The van der Waals surface area contributed by atoms with Gasteiger partial charge in [0.2, 0.25) is 0 Å². The van der Waals surface area contributed by atoms with Gasteiger partial charge in [0.1, 0.15) is 11.6 Å². The Morgan fingerprint density at radius 3 is 2.34 bits per heavy atom. The van der Waals surface area contributed by atoms with E-state index in [9.17, 15) is 31.9 Å². The molecule has 2 N–H and O–H groups in total. The van der Waals surface area contributed by atoms with Gasteiger partial charge in [-0.1, -0.05) is 24.6 Å². The molecule has 2 unspecified atom stereocenters. The van der Waals surface area contributed by atoms with Crippen molar-refractivity contribution < 1.29 is 37.0 Å². The number of carboxylic acids is 1. The predicted molar refractivity (Wildman–Crippen MR) is 106 cm³/mol. The molecule has 2 aromatic carbocycles. The van der Waals surface area contributed by atoms with Gasteiger partial charge in [-0.3, -0.25) is 4.98 Å². The number of hydrogen-bond donors (Lipinski definition) is 2.